The Morgan fingerprint density at radius 1 is 1.46 bits per heavy atom. The highest BCUT2D eigenvalue weighted by atomic mass is 35.5. The summed E-state index contributed by atoms with van der Waals surface area (Å²) in [6.45, 7) is 3.57. The number of phenols is 1. The van der Waals surface area contributed by atoms with Crippen molar-refractivity contribution in [2.75, 3.05) is 0 Å². The van der Waals surface area contributed by atoms with Gasteiger partial charge >= 0.3 is 0 Å². The van der Waals surface area contributed by atoms with Crippen molar-refractivity contribution in [3.8, 4) is 11.8 Å². The van der Waals surface area contributed by atoms with Gasteiger partial charge < -0.3 is 5.11 Å². The first kappa shape index (κ1) is 9.88. The zero-order valence-electron chi connectivity index (χ0n) is 7.50. The van der Waals surface area contributed by atoms with Gasteiger partial charge in [-0.3, -0.25) is 0 Å². The first-order valence-electron chi connectivity index (χ1n) is 3.87. The van der Waals surface area contributed by atoms with Crippen LogP contribution in [0.3, 0.4) is 0 Å². The molecule has 0 heterocycles. The first-order valence-corrected chi connectivity index (χ1v) is 4.25. The Balaban J connectivity index is 3.20. The summed E-state index contributed by atoms with van der Waals surface area (Å²) in [6.07, 6.45) is 0. The summed E-state index contributed by atoms with van der Waals surface area (Å²) in [5.74, 6) is 0.0162. The molecule has 0 amide bonds. The van der Waals surface area contributed by atoms with Gasteiger partial charge in [0.2, 0.25) is 0 Å². The number of nitriles is 1. The van der Waals surface area contributed by atoms with Crippen molar-refractivity contribution < 1.29 is 5.11 Å². The Labute approximate surface area is 82.4 Å². The minimum Gasteiger partial charge on any atom is -0.506 e. The fraction of sp³-hybridized carbons (Fsp3) is 0.300. The molecule has 2 nitrogen and oxygen atoms in total. The normalized spacial score (nSPS) is 10.9. The van der Waals surface area contributed by atoms with Crippen molar-refractivity contribution in [1.29, 1.82) is 5.26 Å². The third kappa shape index (κ3) is 1.93. The number of benzene rings is 1. The molecule has 1 aromatic carbocycles. The molecule has 3 heteroatoms. The van der Waals surface area contributed by atoms with Gasteiger partial charge in [-0.25, -0.2) is 0 Å². The van der Waals surface area contributed by atoms with Gasteiger partial charge in [0, 0.05) is 0 Å². The van der Waals surface area contributed by atoms with E-state index in [4.69, 9.17) is 16.9 Å². The largest absolute Gasteiger partial charge is 0.506 e. The molecule has 0 saturated heterocycles. The molecular weight excluding hydrogens is 186 g/mol. The Morgan fingerprint density at radius 2 is 2.08 bits per heavy atom. The predicted molar refractivity (Wildman–Crippen MR) is 51.8 cm³/mol. The van der Waals surface area contributed by atoms with E-state index in [1.165, 1.54) is 6.07 Å². The fourth-order valence-electron chi connectivity index (χ4n) is 0.966. The van der Waals surface area contributed by atoms with E-state index in [2.05, 4.69) is 6.07 Å². The van der Waals surface area contributed by atoms with Crippen LogP contribution in [0.4, 0.5) is 0 Å². The molecule has 0 aliphatic carbocycles. The van der Waals surface area contributed by atoms with Crippen LogP contribution in [-0.4, -0.2) is 5.11 Å². The minimum atomic E-state index is -0.595. The van der Waals surface area contributed by atoms with Crippen molar-refractivity contribution in [2.45, 2.75) is 19.3 Å². The Bertz CT molecular complexity index is 366. The molecule has 0 bridgehead atoms. The van der Waals surface area contributed by atoms with Crippen LogP contribution in [0.25, 0.3) is 0 Å². The van der Waals surface area contributed by atoms with Gasteiger partial charge in [0.25, 0.3) is 0 Å². The van der Waals surface area contributed by atoms with Gasteiger partial charge in [0.15, 0.2) is 0 Å². The second-order valence-corrected chi connectivity index (χ2v) is 3.81. The molecule has 0 aliphatic heterocycles. The van der Waals surface area contributed by atoms with Crippen molar-refractivity contribution in [3.63, 3.8) is 0 Å². The van der Waals surface area contributed by atoms with Crippen LogP contribution >= 0.6 is 11.6 Å². The molecule has 0 aromatic heterocycles. The average Bonchev–Trinajstić information content (AvgIpc) is 2.09. The molecule has 13 heavy (non-hydrogen) atoms. The summed E-state index contributed by atoms with van der Waals surface area (Å²) < 4.78 is 0. The average molecular weight is 196 g/mol. The number of phenolic OH excluding ortho intramolecular Hbond substituents is 1. The van der Waals surface area contributed by atoms with Crippen LogP contribution in [-0.2, 0) is 5.41 Å². The number of halogens is 1. The number of nitrogens with zero attached hydrogens (tertiary/aromatic N) is 1. The van der Waals surface area contributed by atoms with E-state index in [0.29, 0.717) is 5.02 Å². The van der Waals surface area contributed by atoms with E-state index in [1.807, 2.05) is 0 Å². The number of aromatic hydroxyl groups is 1. The highest BCUT2D eigenvalue weighted by Gasteiger charge is 2.20. The van der Waals surface area contributed by atoms with Crippen molar-refractivity contribution in [2.24, 2.45) is 0 Å². The lowest BCUT2D eigenvalue weighted by Crippen LogP contribution is -2.13. The topological polar surface area (TPSA) is 44.0 Å². The molecule has 0 unspecified atom stereocenters. The molecule has 0 fully saturated rings. The summed E-state index contributed by atoms with van der Waals surface area (Å²) in [5.41, 5.74) is 0.166. The molecule has 68 valence electrons. The molecule has 0 aliphatic rings. The molecule has 0 atom stereocenters. The zero-order valence-corrected chi connectivity index (χ0v) is 8.26. The van der Waals surface area contributed by atoms with Gasteiger partial charge in [-0.1, -0.05) is 17.7 Å². The predicted octanol–water partition coefficient (Wildman–Crippen LogP) is 2.85. The van der Waals surface area contributed by atoms with Gasteiger partial charge in [-0.15, -0.1) is 0 Å². The third-order valence-electron chi connectivity index (χ3n) is 1.95. The lowest BCUT2D eigenvalue weighted by molar-refractivity contribution is 0.473. The Hall–Kier alpha value is -1.20. The van der Waals surface area contributed by atoms with E-state index in [9.17, 15) is 5.11 Å². The molecule has 1 aromatic rings. The maximum absolute atomic E-state index is 9.32. The molecule has 0 saturated carbocycles. The highest BCUT2D eigenvalue weighted by molar-refractivity contribution is 6.32. The summed E-state index contributed by atoms with van der Waals surface area (Å²) in [7, 11) is 0. The van der Waals surface area contributed by atoms with Gasteiger partial charge in [0.05, 0.1) is 16.5 Å². The molecular formula is C10H10ClNO. The fourth-order valence-corrected chi connectivity index (χ4v) is 1.08. The van der Waals surface area contributed by atoms with Crippen LogP contribution in [0.2, 0.25) is 5.02 Å². The third-order valence-corrected chi connectivity index (χ3v) is 2.27. The van der Waals surface area contributed by atoms with E-state index in [1.54, 1.807) is 26.0 Å². The standard InChI is InChI=1S/C10H10ClNO/c1-10(2,6-12)7-3-4-8(11)9(13)5-7/h3-5,13H,1-2H3. The summed E-state index contributed by atoms with van der Waals surface area (Å²) >= 11 is 5.64. The van der Waals surface area contributed by atoms with Crippen molar-refractivity contribution in [3.05, 3.63) is 28.8 Å². The number of rotatable bonds is 1. The van der Waals surface area contributed by atoms with Gasteiger partial charge in [-0.05, 0) is 31.5 Å². The van der Waals surface area contributed by atoms with Crippen molar-refractivity contribution in [1.82, 2.24) is 0 Å². The maximum Gasteiger partial charge on any atom is 0.134 e. The van der Waals surface area contributed by atoms with Gasteiger partial charge in [-0.2, -0.15) is 5.26 Å². The van der Waals surface area contributed by atoms with E-state index in [-0.39, 0.29) is 5.75 Å². The number of hydrogen-bond acceptors (Lipinski definition) is 2. The van der Waals surface area contributed by atoms with Crippen molar-refractivity contribution >= 4 is 11.6 Å². The summed E-state index contributed by atoms with van der Waals surface area (Å²) in [4.78, 5) is 0. The van der Waals surface area contributed by atoms with E-state index >= 15 is 0 Å². The lowest BCUT2D eigenvalue weighted by Gasteiger charge is -2.15. The molecule has 0 radical (unpaired) electrons. The highest BCUT2D eigenvalue weighted by Crippen LogP contribution is 2.30. The smallest absolute Gasteiger partial charge is 0.134 e. The summed E-state index contributed by atoms with van der Waals surface area (Å²) in [6, 6.07) is 7.00. The molecule has 0 spiro atoms. The first-order chi connectivity index (χ1) is 5.97. The maximum atomic E-state index is 9.32. The van der Waals surface area contributed by atoms with Crippen LogP contribution in [0.15, 0.2) is 18.2 Å². The van der Waals surface area contributed by atoms with Crippen LogP contribution in [0.1, 0.15) is 19.4 Å². The second kappa shape index (κ2) is 3.27. The quantitative estimate of drug-likeness (QED) is 0.749. The summed E-state index contributed by atoms with van der Waals surface area (Å²) in [5, 5.41) is 18.5. The zero-order chi connectivity index (χ0) is 10.1. The monoisotopic (exact) mass is 195 g/mol. The lowest BCUT2D eigenvalue weighted by atomic mass is 9.86. The second-order valence-electron chi connectivity index (χ2n) is 3.40. The minimum absolute atomic E-state index is 0.0162. The SMILES string of the molecule is CC(C)(C#N)c1ccc(Cl)c(O)c1. The Kier molecular flexibility index (Phi) is 2.49. The molecule has 1 N–H and O–H groups in total. The van der Waals surface area contributed by atoms with E-state index < -0.39 is 5.41 Å². The van der Waals surface area contributed by atoms with E-state index in [0.717, 1.165) is 5.56 Å². The number of hydrogen-bond donors (Lipinski definition) is 1. The van der Waals surface area contributed by atoms with Crippen LogP contribution in [0.5, 0.6) is 5.75 Å². The van der Waals surface area contributed by atoms with Crippen LogP contribution < -0.4 is 0 Å². The Morgan fingerprint density at radius 3 is 2.54 bits per heavy atom. The molecule has 1 rings (SSSR count). The van der Waals surface area contributed by atoms with Gasteiger partial charge in [0.1, 0.15) is 5.75 Å². The van der Waals surface area contributed by atoms with Crippen LogP contribution in [0, 0.1) is 11.3 Å².